The molecular formula is C14H17N3. The molecule has 1 aliphatic rings. The highest BCUT2D eigenvalue weighted by atomic mass is 15.1. The molecule has 0 spiro atoms. The van der Waals surface area contributed by atoms with Crippen LogP contribution in [0.25, 0.3) is 10.8 Å². The van der Waals surface area contributed by atoms with Crippen molar-refractivity contribution in [2.45, 2.75) is 19.4 Å². The van der Waals surface area contributed by atoms with Crippen LogP contribution in [0.5, 0.6) is 0 Å². The molecule has 0 radical (unpaired) electrons. The molecule has 1 saturated heterocycles. The number of anilines is 1. The molecule has 1 aromatic heterocycles. The molecular weight excluding hydrogens is 210 g/mol. The molecule has 2 aromatic rings. The van der Waals surface area contributed by atoms with Gasteiger partial charge in [-0.25, -0.2) is 4.98 Å². The Morgan fingerprint density at radius 3 is 3.12 bits per heavy atom. The number of hydrogen-bond acceptors (Lipinski definition) is 3. The fourth-order valence-corrected chi connectivity index (χ4v) is 2.37. The third-order valence-corrected chi connectivity index (χ3v) is 3.32. The Labute approximate surface area is 101 Å². The van der Waals surface area contributed by atoms with Gasteiger partial charge in [-0.15, -0.1) is 0 Å². The first-order chi connectivity index (χ1) is 8.33. The first-order valence-electron chi connectivity index (χ1n) is 6.15. The Morgan fingerprint density at radius 2 is 2.29 bits per heavy atom. The third-order valence-electron chi connectivity index (χ3n) is 3.32. The van der Waals surface area contributed by atoms with E-state index in [4.69, 9.17) is 0 Å². The lowest BCUT2D eigenvalue weighted by Gasteiger charge is -2.14. The number of rotatable bonds is 2. The van der Waals surface area contributed by atoms with Gasteiger partial charge < -0.3 is 10.6 Å². The van der Waals surface area contributed by atoms with Gasteiger partial charge in [0.15, 0.2) is 0 Å². The fourth-order valence-electron chi connectivity index (χ4n) is 2.37. The van der Waals surface area contributed by atoms with Crippen LogP contribution >= 0.6 is 0 Å². The van der Waals surface area contributed by atoms with Gasteiger partial charge in [0.25, 0.3) is 0 Å². The molecule has 2 N–H and O–H groups in total. The number of aryl methyl sites for hydroxylation is 1. The third kappa shape index (κ3) is 2.11. The van der Waals surface area contributed by atoms with E-state index in [9.17, 15) is 0 Å². The summed E-state index contributed by atoms with van der Waals surface area (Å²) < 4.78 is 0. The van der Waals surface area contributed by atoms with E-state index in [2.05, 4.69) is 46.8 Å². The zero-order valence-electron chi connectivity index (χ0n) is 10.0. The van der Waals surface area contributed by atoms with Gasteiger partial charge in [-0.2, -0.15) is 0 Å². The minimum Gasteiger partial charge on any atom is -0.365 e. The van der Waals surface area contributed by atoms with Crippen LogP contribution in [0.4, 0.5) is 5.82 Å². The summed E-state index contributed by atoms with van der Waals surface area (Å²) in [7, 11) is 0. The molecule has 2 heterocycles. The van der Waals surface area contributed by atoms with Crippen LogP contribution in [-0.2, 0) is 0 Å². The van der Waals surface area contributed by atoms with Crippen molar-refractivity contribution >= 4 is 16.6 Å². The molecule has 1 unspecified atom stereocenters. The summed E-state index contributed by atoms with van der Waals surface area (Å²) in [6.45, 7) is 4.25. The van der Waals surface area contributed by atoms with E-state index in [1.807, 2.05) is 6.20 Å². The fraction of sp³-hybridized carbons (Fsp3) is 0.357. The van der Waals surface area contributed by atoms with E-state index in [-0.39, 0.29) is 0 Å². The number of nitrogens with zero attached hydrogens (tertiary/aromatic N) is 1. The van der Waals surface area contributed by atoms with Crippen LogP contribution in [-0.4, -0.2) is 24.1 Å². The van der Waals surface area contributed by atoms with Gasteiger partial charge >= 0.3 is 0 Å². The number of pyridine rings is 1. The number of hydrogen-bond donors (Lipinski definition) is 2. The molecule has 1 aliphatic heterocycles. The normalized spacial score (nSPS) is 19.7. The van der Waals surface area contributed by atoms with Crippen molar-refractivity contribution < 1.29 is 0 Å². The van der Waals surface area contributed by atoms with Crippen molar-refractivity contribution in [3.05, 3.63) is 36.0 Å². The maximum Gasteiger partial charge on any atom is 0.134 e. The van der Waals surface area contributed by atoms with E-state index < -0.39 is 0 Å². The largest absolute Gasteiger partial charge is 0.365 e. The van der Waals surface area contributed by atoms with Crippen LogP contribution in [0.2, 0.25) is 0 Å². The molecule has 0 amide bonds. The van der Waals surface area contributed by atoms with Gasteiger partial charge in [-0.1, -0.05) is 17.7 Å². The predicted molar refractivity (Wildman–Crippen MR) is 71.4 cm³/mol. The summed E-state index contributed by atoms with van der Waals surface area (Å²) in [6, 6.07) is 9.07. The van der Waals surface area contributed by atoms with Crippen molar-refractivity contribution in [1.82, 2.24) is 10.3 Å². The second-order valence-corrected chi connectivity index (χ2v) is 4.72. The summed E-state index contributed by atoms with van der Waals surface area (Å²) in [6.07, 6.45) is 3.05. The lowest BCUT2D eigenvalue weighted by atomic mass is 10.1. The SMILES string of the molecule is Cc1ccc2ccnc(NC3CCNC3)c2c1. The minimum atomic E-state index is 0.508. The maximum atomic E-state index is 4.47. The van der Waals surface area contributed by atoms with Gasteiger partial charge in [0, 0.05) is 24.2 Å². The molecule has 88 valence electrons. The highest BCUT2D eigenvalue weighted by molar-refractivity contribution is 5.92. The molecule has 17 heavy (non-hydrogen) atoms. The Hall–Kier alpha value is -1.61. The van der Waals surface area contributed by atoms with Gasteiger partial charge in [0.2, 0.25) is 0 Å². The first-order valence-corrected chi connectivity index (χ1v) is 6.15. The van der Waals surface area contributed by atoms with Gasteiger partial charge in [0.1, 0.15) is 5.82 Å². The van der Waals surface area contributed by atoms with Crippen molar-refractivity contribution in [1.29, 1.82) is 0 Å². The molecule has 3 rings (SSSR count). The summed E-state index contributed by atoms with van der Waals surface area (Å²) >= 11 is 0. The van der Waals surface area contributed by atoms with Gasteiger partial charge in [-0.3, -0.25) is 0 Å². The Bertz CT molecular complexity index is 530. The maximum absolute atomic E-state index is 4.47. The molecule has 3 nitrogen and oxygen atoms in total. The van der Waals surface area contributed by atoms with Crippen LogP contribution in [0.15, 0.2) is 30.5 Å². The minimum absolute atomic E-state index is 0.508. The Kier molecular flexibility index (Phi) is 2.69. The number of fused-ring (bicyclic) bond motifs is 1. The van der Waals surface area contributed by atoms with Crippen LogP contribution in [0.3, 0.4) is 0 Å². The summed E-state index contributed by atoms with van der Waals surface area (Å²) in [4.78, 5) is 4.47. The molecule has 0 bridgehead atoms. The monoisotopic (exact) mass is 227 g/mol. The Morgan fingerprint density at radius 1 is 1.35 bits per heavy atom. The van der Waals surface area contributed by atoms with Crippen molar-refractivity contribution in [3.63, 3.8) is 0 Å². The lowest BCUT2D eigenvalue weighted by molar-refractivity contribution is 0.789. The number of benzene rings is 1. The summed E-state index contributed by atoms with van der Waals surface area (Å²) in [5.41, 5.74) is 1.28. The van der Waals surface area contributed by atoms with Crippen LogP contribution in [0.1, 0.15) is 12.0 Å². The highest BCUT2D eigenvalue weighted by Crippen LogP contribution is 2.23. The van der Waals surface area contributed by atoms with Crippen molar-refractivity contribution in [3.8, 4) is 0 Å². The summed E-state index contributed by atoms with van der Waals surface area (Å²) in [5, 5.41) is 9.37. The van der Waals surface area contributed by atoms with Crippen LogP contribution < -0.4 is 10.6 Å². The van der Waals surface area contributed by atoms with E-state index in [1.54, 1.807) is 0 Å². The van der Waals surface area contributed by atoms with Gasteiger partial charge in [-0.05, 0) is 37.4 Å². The molecule has 1 atom stereocenters. The second kappa shape index (κ2) is 4.34. The lowest BCUT2D eigenvalue weighted by Crippen LogP contribution is -2.22. The molecule has 0 aliphatic carbocycles. The quantitative estimate of drug-likeness (QED) is 0.826. The van der Waals surface area contributed by atoms with Crippen molar-refractivity contribution in [2.24, 2.45) is 0 Å². The van der Waals surface area contributed by atoms with E-state index in [1.165, 1.54) is 22.8 Å². The molecule has 3 heteroatoms. The molecule has 0 saturated carbocycles. The second-order valence-electron chi connectivity index (χ2n) is 4.72. The predicted octanol–water partition coefficient (Wildman–Crippen LogP) is 2.32. The average Bonchev–Trinajstić information content (AvgIpc) is 2.83. The van der Waals surface area contributed by atoms with Gasteiger partial charge in [0.05, 0.1) is 0 Å². The average molecular weight is 227 g/mol. The smallest absolute Gasteiger partial charge is 0.134 e. The highest BCUT2D eigenvalue weighted by Gasteiger charge is 2.15. The zero-order valence-corrected chi connectivity index (χ0v) is 10.0. The number of aromatic nitrogens is 1. The zero-order chi connectivity index (χ0) is 11.7. The number of nitrogens with one attached hydrogen (secondary N) is 2. The standard InChI is InChI=1S/C14H17N3/c1-10-2-3-11-4-7-16-14(13(11)8-10)17-12-5-6-15-9-12/h2-4,7-8,12,15H,5-6,9H2,1H3,(H,16,17). The van der Waals surface area contributed by atoms with E-state index >= 15 is 0 Å². The Balaban J connectivity index is 1.99. The molecule has 1 fully saturated rings. The van der Waals surface area contributed by atoms with E-state index in [0.29, 0.717) is 6.04 Å². The van der Waals surface area contributed by atoms with E-state index in [0.717, 1.165) is 18.9 Å². The first kappa shape index (κ1) is 10.5. The summed E-state index contributed by atoms with van der Waals surface area (Å²) in [5.74, 6) is 1.01. The van der Waals surface area contributed by atoms with Crippen molar-refractivity contribution in [2.75, 3.05) is 18.4 Å². The topological polar surface area (TPSA) is 37.0 Å². The van der Waals surface area contributed by atoms with Crippen LogP contribution in [0, 0.1) is 6.92 Å². The molecule has 1 aromatic carbocycles.